The van der Waals surface area contributed by atoms with Crippen molar-refractivity contribution in [3.63, 3.8) is 0 Å². The van der Waals surface area contributed by atoms with Gasteiger partial charge in [0.1, 0.15) is 12.2 Å². The minimum absolute atomic E-state index is 0.136. The largest absolute Gasteiger partial charge is 0.319 e. The molecular weight excluding hydrogens is 260 g/mol. The van der Waals surface area contributed by atoms with Crippen molar-refractivity contribution in [1.82, 2.24) is 20.1 Å². The third-order valence-corrected chi connectivity index (χ3v) is 3.48. The van der Waals surface area contributed by atoms with Gasteiger partial charge in [0.2, 0.25) is 0 Å². The molecule has 0 saturated heterocycles. The van der Waals surface area contributed by atoms with Crippen molar-refractivity contribution in [2.75, 3.05) is 0 Å². The molecule has 0 saturated carbocycles. The molecule has 1 aromatic heterocycles. The highest BCUT2D eigenvalue weighted by Gasteiger charge is 2.17. The van der Waals surface area contributed by atoms with Gasteiger partial charge in [-0.05, 0) is 31.0 Å². The molecule has 2 unspecified atom stereocenters. The summed E-state index contributed by atoms with van der Waals surface area (Å²) in [6.45, 7) is 4.25. The molecule has 102 valence electrons. The molecule has 2 atom stereocenters. The van der Waals surface area contributed by atoms with Gasteiger partial charge in [0.25, 0.3) is 0 Å². The van der Waals surface area contributed by atoms with Crippen molar-refractivity contribution < 1.29 is 0 Å². The Morgan fingerprint density at radius 2 is 2.21 bits per heavy atom. The lowest BCUT2D eigenvalue weighted by Crippen LogP contribution is -2.26. The molecule has 1 N–H and O–H groups in total. The zero-order valence-electron chi connectivity index (χ0n) is 11.5. The fourth-order valence-corrected chi connectivity index (χ4v) is 2.43. The maximum atomic E-state index is 6.05. The van der Waals surface area contributed by atoms with Gasteiger partial charge in [-0.1, -0.05) is 30.7 Å². The van der Waals surface area contributed by atoms with Crippen molar-refractivity contribution in [2.45, 2.75) is 32.4 Å². The van der Waals surface area contributed by atoms with E-state index in [0.717, 1.165) is 17.3 Å². The van der Waals surface area contributed by atoms with Crippen LogP contribution in [0.25, 0.3) is 0 Å². The Labute approximate surface area is 118 Å². The molecule has 2 rings (SSSR count). The molecule has 0 spiro atoms. The lowest BCUT2D eigenvalue weighted by atomic mass is 10.0. The van der Waals surface area contributed by atoms with Gasteiger partial charge in [-0.3, -0.25) is 0 Å². The standard InChI is InChI=1S/C14H19ClN4/c1-4-13(11-6-5-7-12(15)8-11)17-10(2)14-18-16-9-19(14)3/h5-10,13,17H,4H2,1-3H3. The van der Waals surface area contributed by atoms with E-state index in [1.807, 2.05) is 29.8 Å². The number of nitrogens with zero attached hydrogens (tertiary/aromatic N) is 3. The fourth-order valence-electron chi connectivity index (χ4n) is 2.23. The van der Waals surface area contributed by atoms with Crippen LogP contribution in [0.1, 0.15) is 43.7 Å². The average Bonchev–Trinajstić information content (AvgIpc) is 2.82. The summed E-state index contributed by atoms with van der Waals surface area (Å²) in [6.07, 6.45) is 2.70. The van der Waals surface area contributed by atoms with Crippen molar-refractivity contribution in [2.24, 2.45) is 7.05 Å². The molecule has 1 heterocycles. The number of rotatable bonds is 5. The maximum Gasteiger partial charge on any atom is 0.149 e. The van der Waals surface area contributed by atoms with Crippen LogP contribution in [0.5, 0.6) is 0 Å². The van der Waals surface area contributed by atoms with E-state index in [-0.39, 0.29) is 12.1 Å². The van der Waals surface area contributed by atoms with E-state index in [1.54, 1.807) is 6.33 Å². The number of hydrogen-bond donors (Lipinski definition) is 1. The van der Waals surface area contributed by atoms with Gasteiger partial charge in [0.15, 0.2) is 0 Å². The van der Waals surface area contributed by atoms with Gasteiger partial charge >= 0.3 is 0 Å². The first kappa shape index (κ1) is 14.0. The Morgan fingerprint density at radius 3 is 2.79 bits per heavy atom. The van der Waals surface area contributed by atoms with E-state index in [0.29, 0.717) is 0 Å². The summed E-state index contributed by atoms with van der Waals surface area (Å²) in [5.41, 5.74) is 1.20. The molecular formula is C14H19ClN4. The van der Waals surface area contributed by atoms with Crippen molar-refractivity contribution in [1.29, 1.82) is 0 Å². The number of benzene rings is 1. The van der Waals surface area contributed by atoms with Crippen LogP contribution in [0.4, 0.5) is 0 Å². The number of halogens is 1. The lowest BCUT2D eigenvalue weighted by Gasteiger charge is -2.22. The minimum Gasteiger partial charge on any atom is -0.319 e. The molecule has 0 amide bonds. The van der Waals surface area contributed by atoms with Gasteiger partial charge in [-0.2, -0.15) is 0 Å². The predicted octanol–water partition coefficient (Wildman–Crippen LogP) is 3.27. The monoisotopic (exact) mass is 278 g/mol. The number of aryl methyl sites for hydroxylation is 1. The normalized spacial score (nSPS) is 14.3. The van der Waals surface area contributed by atoms with Crippen LogP contribution >= 0.6 is 11.6 Å². The molecule has 5 heteroatoms. The smallest absolute Gasteiger partial charge is 0.149 e. The molecule has 2 aromatic rings. The molecule has 0 aliphatic rings. The first-order chi connectivity index (χ1) is 9.11. The third kappa shape index (κ3) is 3.33. The zero-order valence-corrected chi connectivity index (χ0v) is 12.2. The molecule has 0 aliphatic heterocycles. The summed E-state index contributed by atoms with van der Waals surface area (Å²) in [4.78, 5) is 0. The molecule has 19 heavy (non-hydrogen) atoms. The molecule has 4 nitrogen and oxygen atoms in total. The van der Waals surface area contributed by atoms with E-state index in [9.17, 15) is 0 Å². The second-order valence-electron chi connectivity index (χ2n) is 4.70. The van der Waals surface area contributed by atoms with Gasteiger partial charge in [0.05, 0.1) is 6.04 Å². The van der Waals surface area contributed by atoms with Gasteiger partial charge in [-0.25, -0.2) is 0 Å². The van der Waals surface area contributed by atoms with Crippen LogP contribution in [0.2, 0.25) is 5.02 Å². The summed E-state index contributed by atoms with van der Waals surface area (Å²) in [7, 11) is 1.95. The lowest BCUT2D eigenvalue weighted by molar-refractivity contribution is 0.434. The molecule has 0 aliphatic carbocycles. The first-order valence-corrected chi connectivity index (χ1v) is 6.85. The van der Waals surface area contributed by atoms with Gasteiger partial charge in [0, 0.05) is 18.1 Å². The van der Waals surface area contributed by atoms with Crippen molar-refractivity contribution in [3.8, 4) is 0 Å². The number of nitrogens with one attached hydrogen (secondary N) is 1. The maximum absolute atomic E-state index is 6.05. The van der Waals surface area contributed by atoms with Crippen molar-refractivity contribution in [3.05, 3.63) is 47.0 Å². The summed E-state index contributed by atoms with van der Waals surface area (Å²) < 4.78 is 1.93. The first-order valence-electron chi connectivity index (χ1n) is 6.47. The van der Waals surface area contributed by atoms with E-state index < -0.39 is 0 Å². The Morgan fingerprint density at radius 1 is 1.42 bits per heavy atom. The van der Waals surface area contributed by atoms with E-state index in [2.05, 4.69) is 35.4 Å². The van der Waals surface area contributed by atoms with E-state index >= 15 is 0 Å². The SMILES string of the molecule is CCC(NC(C)c1nncn1C)c1cccc(Cl)c1. The summed E-state index contributed by atoms with van der Waals surface area (Å²) >= 11 is 6.05. The summed E-state index contributed by atoms with van der Waals surface area (Å²) in [5, 5.41) is 12.4. The number of aromatic nitrogens is 3. The second-order valence-corrected chi connectivity index (χ2v) is 5.14. The van der Waals surface area contributed by atoms with Crippen LogP contribution in [-0.2, 0) is 7.05 Å². The van der Waals surface area contributed by atoms with Crippen LogP contribution < -0.4 is 5.32 Å². The highest BCUT2D eigenvalue weighted by atomic mass is 35.5. The van der Waals surface area contributed by atoms with E-state index in [4.69, 9.17) is 11.6 Å². The molecule has 0 bridgehead atoms. The Bertz CT molecular complexity index is 538. The van der Waals surface area contributed by atoms with Crippen LogP contribution in [-0.4, -0.2) is 14.8 Å². The Hall–Kier alpha value is -1.39. The van der Waals surface area contributed by atoms with Crippen LogP contribution in [0.3, 0.4) is 0 Å². The minimum atomic E-state index is 0.136. The fraction of sp³-hybridized carbons (Fsp3) is 0.429. The topological polar surface area (TPSA) is 42.7 Å². The highest BCUT2D eigenvalue weighted by molar-refractivity contribution is 6.30. The quantitative estimate of drug-likeness (QED) is 0.913. The van der Waals surface area contributed by atoms with Crippen LogP contribution in [0.15, 0.2) is 30.6 Å². The Kier molecular flexibility index (Phi) is 4.56. The molecule has 1 aromatic carbocycles. The average molecular weight is 279 g/mol. The second kappa shape index (κ2) is 6.17. The highest BCUT2D eigenvalue weighted by Crippen LogP contribution is 2.23. The number of hydrogen-bond acceptors (Lipinski definition) is 3. The predicted molar refractivity (Wildman–Crippen MR) is 77.0 cm³/mol. The third-order valence-electron chi connectivity index (χ3n) is 3.24. The van der Waals surface area contributed by atoms with Crippen molar-refractivity contribution >= 4 is 11.6 Å². The van der Waals surface area contributed by atoms with Gasteiger partial charge < -0.3 is 9.88 Å². The van der Waals surface area contributed by atoms with E-state index in [1.165, 1.54) is 5.56 Å². The van der Waals surface area contributed by atoms with Gasteiger partial charge in [-0.15, -0.1) is 10.2 Å². The van der Waals surface area contributed by atoms with Crippen LogP contribution in [0, 0.1) is 0 Å². The molecule has 0 radical (unpaired) electrons. The summed E-state index contributed by atoms with van der Waals surface area (Å²) in [6, 6.07) is 8.36. The Balaban J connectivity index is 2.13. The zero-order chi connectivity index (χ0) is 13.8. The summed E-state index contributed by atoms with van der Waals surface area (Å²) in [5.74, 6) is 0.931. The molecule has 0 fully saturated rings.